The first-order chi connectivity index (χ1) is 10.5. The molecule has 2 rings (SSSR count). The third kappa shape index (κ3) is 4.43. The molecule has 0 aliphatic carbocycles. The van der Waals surface area contributed by atoms with Gasteiger partial charge in [0.2, 0.25) is 0 Å². The van der Waals surface area contributed by atoms with Crippen molar-refractivity contribution in [2.45, 2.75) is 33.2 Å². The molecule has 0 fully saturated rings. The van der Waals surface area contributed by atoms with Gasteiger partial charge < -0.3 is 16.2 Å². The van der Waals surface area contributed by atoms with Crippen LogP contribution in [0.1, 0.15) is 25.8 Å². The van der Waals surface area contributed by atoms with Crippen LogP contribution >= 0.6 is 0 Å². The highest BCUT2D eigenvalue weighted by Crippen LogP contribution is 2.27. The number of nitrogens with one attached hydrogen (secondary N) is 1. The maximum absolute atomic E-state index is 9.98. The van der Waals surface area contributed by atoms with Gasteiger partial charge in [0, 0.05) is 18.8 Å². The van der Waals surface area contributed by atoms with E-state index < -0.39 is 0 Å². The molecule has 1 unspecified atom stereocenters. The van der Waals surface area contributed by atoms with E-state index in [1.54, 1.807) is 18.3 Å². The fraction of sp³-hybridized carbons (Fsp3) is 0.412. The average Bonchev–Trinajstić information content (AvgIpc) is 2.47. The number of benzene rings is 1. The second-order valence-electron chi connectivity index (χ2n) is 6.06. The number of nitrogens with zero attached hydrogens (tertiary/aromatic N) is 2. The van der Waals surface area contributed by atoms with Crippen LogP contribution in [0, 0.1) is 12.8 Å². The van der Waals surface area contributed by atoms with E-state index in [9.17, 15) is 5.11 Å². The van der Waals surface area contributed by atoms with Gasteiger partial charge in [0.1, 0.15) is 11.6 Å². The number of hydrogen-bond donors (Lipinski definition) is 3. The molecule has 1 atom stereocenters. The maximum atomic E-state index is 9.98. The minimum absolute atomic E-state index is 0.0887. The lowest BCUT2D eigenvalue weighted by atomic mass is 10.0. The predicted molar refractivity (Wildman–Crippen MR) is 89.8 cm³/mol. The molecule has 0 saturated heterocycles. The number of hydrogen-bond acceptors (Lipinski definition) is 5. The van der Waals surface area contributed by atoms with Crippen molar-refractivity contribution in [2.24, 2.45) is 11.7 Å². The highest BCUT2D eigenvalue weighted by molar-refractivity contribution is 5.65. The molecular weight excluding hydrogens is 276 g/mol. The monoisotopic (exact) mass is 300 g/mol. The van der Waals surface area contributed by atoms with Gasteiger partial charge in [0.15, 0.2) is 5.82 Å². The minimum Gasteiger partial charge on any atom is -0.507 e. The van der Waals surface area contributed by atoms with Gasteiger partial charge in [0.25, 0.3) is 0 Å². The minimum atomic E-state index is 0.0887. The summed E-state index contributed by atoms with van der Waals surface area (Å²) in [6.45, 7) is 6.94. The summed E-state index contributed by atoms with van der Waals surface area (Å²) in [6, 6.07) is 7.28. The molecule has 0 bridgehead atoms. The zero-order valence-corrected chi connectivity index (χ0v) is 13.4. The Morgan fingerprint density at radius 1 is 1.27 bits per heavy atom. The first kappa shape index (κ1) is 16.2. The maximum Gasteiger partial charge on any atom is 0.165 e. The van der Waals surface area contributed by atoms with E-state index in [1.807, 2.05) is 19.1 Å². The molecule has 118 valence electrons. The number of aryl methyl sites for hydroxylation is 1. The lowest BCUT2D eigenvalue weighted by Gasteiger charge is -2.15. The number of phenols is 1. The van der Waals surface area contributed by atoms with E-state index in [4.69, 9.17) is 5.73 Å². The number of nitrogens with two attached hydrogens (primary N) is 1. The fourth-order valence-electron chi connectivity index (χ4n) is 2.34. The van der Waals surface area contributed by atoms with Gasteiger partial charge in [-0.2, -0.15) is 0 Å². The molecule has 2 aromatic rings. The van der Waals surface area contributed by atoms with Crippen molar-refractivity contribution in [3.8, 4) is 17.1 Å². The number of anilines is 1. The summed E-state index contributed by atoms with van der Waals surface area (Å²) in [6.07, 6.45) is 2.64. The summed E-state index contributed by atoms with van der Waals surface area (Å²) in [4.78, 5) is 8.70. The second kappa shape index (κ2) is 7.22. The Morgan fingerprint density at radius 2 is 2.05 bits per heavy atom. The van der Waals surface area contributed by atoms with Crippen molar-refractivity contribution < 1.29 is 5.11 Å². The molecule has 0 spiro atoms. The van der Waals surface area contributed by atoms with Gasteiger partial charge in [-0.1, -0.05) is 25.5 Å². The molecule has 22 heavy (non-hydrogen) atoms. The lowest BCUT2D eigenvalue weighted by molar-refractivity contribution is 0.476. The van der Waals surface area contributed by atoms with Crippen LogP contribution in [0.4, 0.5) is 5.82 Å². The van der Waals surface area contributed by atoms with Crippen molar-refractivity contribution in [3.05, 3.63) is 36.0 Å². The van der Waals surface area contributed by atoms with Gasteiger partial charge in [-0.3, -0.25) is 0 Å². The van der Waals surface area contributed by atoms with Crippen LogP contribution in [0.2, 0.25) is 0 Å². The van der Waals surface area contributed by atoms with Crippen LogP contribution < -0.4 is 11.1 Å². The predicted octanol–water partition coefficient (Wildman–Crippen LogP) is 2.94. The van der Waals surface area contributed by atoms with E-state index in [-0.39, 0.29) is 11.8 Å². The quantitative estimate of drug-likeness (QED) is 0.764. The highest BCUT2D eigenvalue weighted by Gasteiger charge is 2.10. The van der Waals surface area contributed by atoms with Gasteiger partial charge in [-0.15, -0.1) is 0 Å². The number of phenolic OH excluding ortho intramolecular Hbond substituents is 1. The first-order valence-corrected chi connectivity index (χ1v) is 7.58. The van der Waals surface area contributed by atoms with Crippen molar-refractivity contribution >= 4 is 5.82 Å². The molecule has 0 saturated carbocycles. The summed E-state index contributed by atoms with van der Waals surface area (Å²) in [5.74, 6) is 1.97. The molecule has 5 heteroatoms. The van der Waals surface area contributed by atoms with Crippen LogP contribution in [0.5, 0.6) is 5.75 Å². The van der Waals surface area contributed by atoms with E-state index >= 15 is 0 Å². The summed E-state index contributed by atoms with van der Waals surface area (Å²) < 4.78 is 0. The van der Waals surface area contributed by atoms with Crippen LogP contribution in [0.15, 0.2) is 30.5 Å². The summed E-state index contributed by atoms with van der Waals surface area (Å²) in [5, 5.41) is 13.2. The number of aromatic hydroxyl groups is 1. The zero-order chi connectivity index (χ0) is 16.1. The summed E-state index contributed by atoms with van der Waals surface area (Å²) in [5.41, 5.74) is 7.75. The lowest BCUT2D eigenvalue weighted by Crippen LogP contribution is -2.30. The first-order valence-electron chi connectivity index (χ1n) is 7.58. The van der Waals surface area contributed by atoms with Crippen LogP contribution in [0.3, 0.4) is 0 Å². The molecule has 1 aromatic carbocycles. The Balaban J connectivity index is 2.11. The molecule has 0 amide bonds. The average molecular weight is 300 g/mol. The van der Waals surface area contributed by atoms with Crippen LogP contribution in [-0.2, 0) is 0 Å². The Labute approximate surface area is 131 Å². The largest absolute Gasteiger partial charge is 0.507 e. The zero-order valence-electron chi connectivity index (χ0n) is 13.4. The van der Waals surface area contributed by atoms with E-state index in [0.29, 0.717) is 29.7 Å². The second-order valence-corrected chi connectivity index (χ2v) is 6.06. The number of rotatable bonds is 6. The molecule has 1 aromatic heterocycles. The van der Waals surface area contributed by atoms with Gasteiger partial charge in [0.05, 0.1) is 5.56 Å². The Hall–Kier alpha value is -2.14. The van der Waals surface area contributed by atoms with Crippen molar-refractivity contribution in [2.75, 3.05) is 11.9 Å². The molecule has 5 nitrogen and oxygen atoms in total. The molecule has 0 aliphatic rings. The van der Waals surface area contributed by atoms with E-state index in [2.05, 4.69) is 29.1 Å². The highest BCUT2D eigenvalue weighted by atomic mass is 16.3. The normalized spacial score (nSPS) is 12.4. The molecule has 4 N–H and O–H groups in total. The van der Waals surface area contributed by atoms with Crippen LogP contribution in [-0.4, -0.2) is 27.7 Å². The van der Waals surface area contributed by atoms with Gasteiger partial charge in [-0.05, 0) is 37.5 Å². The van der Waals surface area contributed by atoms with Crippen molar-refractivity contribution in [1.29, 1.82) is 0 Å². The van der Waals surface area contributed by atoms with Crippen molar-refractivity contribution in [3.63, 3.8) is 0 Å². The summed E-state index contributed by atoms with van der Waals surface area (Å²) in [7, 11) is 0. The van der Waals surface area contributed by atoms with Gasteiger partial charge >= 0.3 is 0 Å². The summed E-state index contributed by atoms with van der Waals surface area (Å²) >= 11 is 0. The third-order valence-electron chi connectivity index (χ3n) is 3.37. The standard InChI is InChI=1S/C17H24N4O/c1-11(2)8-13(18)10-20-16-6-7-19-17(21-16)14-9-12(3)4-5-15(14)22/h4-7,9,11,13,22H,8,10,18H2,1-3H3,(H,19,20,21). The smallest absolute Gasteiger partial charge is 0.165 e. The Morgan fingerprint density at radius 3 is 2.77 bits per heavy atom. The molecule has 0 radical (unpaired) electrons. The Kier molecular flexibility index (Phi) is 5.33. The molecular formula is C17H24N4O. The molecule has 0 aliphatic heterocycles. The Bertz CT molecular complexity index is 628. The SMILES string of the molecule is Cc1ccc(O)c(-c2nccc(NCC(N)CC(C)C)n2)c1. The molecule has 1 heterocycles. The third-order valence-corrected chi connectivity index (χ3v) is 3.37. The topological polar surface area (TPSA) is 84.1 Å². The fourth-order valence-corrected chi connectivity index (χ4v) is 2.34. The van der Waals surface area contributed by atoms with Gasteiger partial charge in [-0.25, -0.2) is 9.97 Å². The van der Waals surface area contributed by atoms with Crippen molar-refractivity contribution in [1.82, 2.24) is 9.97 Å². The number of aromatic nitrogens is 2. The van der Waals surface area contributed by atoms with E-state index in [1.165, 1.54) is 0 Å². The van der Waals surface area contributed by atoms with Crippen LogP contribution in [0.25, 0.3) is 11.4 Å². The van der Waals surface area contributed by atoms with E-state index in [0.717, 1.165) is 12.0 Å².